The van der Waals surface area contributed by atoms with E-state index < -0.39 is 0 Å². The molecule has 0 amide bonds. The smallest absolute Gasteiger partial charge is 0.0391 e. The molecule has 0 heterocycles. The molecule has 0 fully saturated rings. The van der Waals surface area contributed by atoms with E-state index in [1.807, 2.05) is 70.2 Å². The van der Waals surface area contributed by atoms with Gasteiger partial charge in [0.15, 0.2) is 0 Å². The molecule has 0 saturated carbocycles. The largest absolute Gasteiger partial charge is 0.0683 e. The van der Waals surface area contributed by atoms with Crippen molar-refractivity contribution in [1.29, 1.82) is 0 Å². The summed E-state index contributed by atoms with van der Waals surface area (Å²) in [5.41, 5.74) is 2.07. The molecule has 0 bridgehead atoms. The minimum atomic E-state index is 1.01. The first-order valence-electron chi connectivity index (χ1n) is 8.09. The Bertz CT molecular complexity index is 786. The maximum Gasteiger partial charge on any atom is 0.0391 e. The molecule has 0 atom stereocenters. The molecule has 0 aliphatic heterocycles. The number of benzene rings is 3. The van der Waals surface area contributed by atoms with E-state index in [9.17, 15) is 0 Å². The summed E-state index contributed by atoms with van der Waals surface area (Å²) in [6.07, 6.45) is 0. The van der Waals surface area contributed by atoms with Gasteiger partial charge < -0.3 is 0 Å². The molecule has 0 aliphatic rings. The average Bonchev–Trinajstić information content (AvgIpc) is 2.64. The lowest BCUT2D eigenvalue weighted by atomic mass is 10.0. The highest BCUT2D eigenvalue weighted by Crippen LogP contribution is 2.18. The molecule has 0 unspecified atom stereocenters. The lowest BCUT2D eigenvalue weighted by Gasteiger charge is -1.99. The maximum atomic E-state index is 3.52. The van der Waals surface area contributed by atoms with E-state index >= 15 is 0 Å². The van der Waals surface area contributed by atoms with E-state index in [0.29, 0.717) is 0 Å². The molecule has 0 N–H and O–H groups in total. The topological polar surface area (TPSA) is 0 Å². The van der Waals surface area contributed by atoms with Crippen LogP contribution in [0.1, 0.15) is 38.8 Å². The van der Waals surface area contributed by atoms with Gasteiger partial charge >= 0.3 is 0 Å². The second kappa shape index (κ2) is 10.6. The summed E-state index contributed by atoms with van der Waals surface area (Å²) in [7, 11) is 0. The highest BCUT2D eigenvalue weighted by molar-refractivity contribution is 9.10. The van der Waals surface area contributed by atoms with Crippen LogP contribution in [0.3, 0.4) is 0 Å². The van der Waals surface area contributed by atoms with Crippen LogP contribution in [0, 0.1) is 11.8 Å². The Morgan fingerprint density at radius 3 is 1.87 bits per heavy atom. The van der Waals surface area contributed by atoms with Gasteiger partial charge in [-0.2, -0.15) is 0 Å². The van der Waals surface area contributed by atoms with Gasteiger partial charge in [0, 0.05) is 15.6 Å². The van der Waals surface area contributed by atoms with E-state index in [4.69, 9.17) is 0 Å². The Hall–Kier alpha value is -2.04. The van der Waals surface area contributed by atoms with Crippen LogP contribution in [0.2, 0.25) is 0 Å². The van der Waals surface area contributed by atoms with E-state index in [0.717, 1.165) is 15.6 Å². The van der Waals surface area contributed by atoms with Crippen molar-refractivity contribution < 1.29 is 0 Å². The highest BCUT2D eigenvalue weighted by Gasteiger charge is 1.97. The molecule has 0 radical (unpaired) electrons. The summed E-state index contributed by atoms with van der Waals surface area (Å²) in [5, 5.41) is 2.42. The predicted molar refractivity (Wildman–Crippen MR) is 107 cm³/mol. The molecule has 0 aromatic heterocycles. The number of hydrogen-bond acceptors (Lipinski definition) is 0. The van der Waals surface area contributed by atoms with Crippen LogP contribution in [-0.4, -0.2) is 0 Å². The van der Waals surface area contributed by atoms with Gasteiger partial charge in [-0.25, -0.2) is 0 Å². The van der Waals surface area contributed by atoms with Crippen molar-refractivity contribution in [2.24, 2.45) is 0 Å². The monoisotopic (exact) mass is 366 g/mol. The molecular weight excluding hydrogens is 344 g/mol. The molecule has 3 rings (SSSR count). The van der Waals surface area contributed by atoms with Crippen LogP contribution in [0.5, 0.6) is 0 Å². The zero-order valence-electron chi connectivity index (χ0n) is 14.2. The first-order chi connectivity index (χ1) is 11.3. The molecule has 0 aliphatic carbocycles. The van der Waals surface area contributed by atoms with E-state index in [-0.39, 0.29) is 0 Å². The molecule has 3 aromatic carbocycles. The Labute approximate surface area is 148 Å². The fraction of sp³-hybridized carbons (Fsp3) is 0.182. The molecule has 0 nitrogen and oxygen atoms in total. The van der Waals surface area contributed by atoms with Gasteiger partial charge in [-0.3, -0.25) is 0 Å². The maximum absolute atomic E-state index is 3.52. The van der Waals surface area contributed by atoms with Gasteiger partial charge in [-0.1, -0.05) is 88.1 Å². The minimum Gasteiger partial charge on any atom is -0.0683 e. The first kappa shape index (κ1) is 19.0. The van der Waals surface area contributed by atoms with Crippen LogP contribution in [0.4, 0.5) is 0 Å². The molecule has 0 spiro atoms. The van der Waals surface area contributed by atoms with E-state index in [1.165, 1.54) is 10.8 Å². The van der Waals surface area contributed by atoms with Gasteiger partial charge in [-0.05, 0) is 44.9 Å². The molecular formula is C22H23Br. The van der Waals surface area contributed by atoms with Crippen LogP contribution >= 0.6 is 15.9 Å². The zero-order chi connectivity index (χ0) is 17.1. The van der Waals surface area contributed by atoms with Crippen molar-refractivity contribution in [2.45, 2.75) is 27.7 Å². The lowest BCUT2D eigenvalue weighted by Crippen LogP contribution is -1.80. The summed E-state index contributed by atoms with van der Waals surface area (Å²) >= 11 is 3.52. The Morgan fingerprint density at radius 2 is 1.13 bits per heavy atom. The number of fused-ring (bicyclic) bond motifs is 1. The number of halogens is 1. The molecule has 118 valence electrons. The summed E-state index contributed by atoms with van der Waals surface area (Å²) in [6, 6.07) is 22.6. The van der Waals surface area contributed by atoms with Gasteiger partial charge in [0.25, 0.3) is 0 Å². The van der Waals surface area contributed by atoms with Crippen LogP contribution in [0.15, 0.2) is 71.2 Å². The normalized spacial score (nSPS) is 8.74. The summed E-state index contributed by atoms with van der Waals surface area (Å²) in [5.74, 6) is 6.49. The van der Waals surface area contributed by atoms with Crippen molar-refractivity contribution in [2.75, 3.05) is 0 Å². The van der Waals surface area contributed by atoms with Gasteiger partial charge in [0.05, 0.1) is 0 Å². The third-order valence-corrected chi connectivity index (χ3v) is 3.69. The van der Waals surface area contributed by atoms with Gasteiger partial charge in [0.2, 0.25) is 0 Å². The molecule has 23 heavy (non-hydrogen) atoms. The van der Waals surface area contributed by atoms with Crippen molar-refractivity contribution in [3.8, 4) is 11.8 Å². The molecule has 0 saturated heterocycles. The third kappa shape index (κ3) is 5.27. The predicted octanol–water partition coefficient (Wildman–Crippen LogP) is 7.05. The van der Waals surface area contributed by atoms with E-state index in [1.54, 1.807) is 0 Å². The molecule has 1 heteroatoms. The van der Waals surface area contributed by atoms with Gasteiger partial charge in [0.1, 0.15) is 0 Å². The number of rotatable bonds is 0. The Balaban J connectivity index is 0.000000615. The quantitative estimate of drug-likeness (QED) is 0.373. The average molecular weight is 367 g/mol. The Morgan fingerprint density at radius 1 is 0.609 bits per heavy atom. The second-order valence-electron chi connectivity index (χ2n) is 4.26. The van der Waals surface area contributed by atoms with Crippen LogP contribution in [-0.2, 0) is 0 Å². The van der Waals surface area contributed by atoms with Crippen LogP contribution in [0.25, 0.3) is 10.8 Å². The highest BCUT2D eigenvalue weighted by atomic mass is 79.9. The van der Waals surface area contributed by atoms with Gasteiger partial charge in [-0.15, -0.1) is 0 Å². The summed E-state index contributed by atoms with van der Waals surface area (Å²) in [4.78, 5) is 0. The fourth-order valence-corrected chi connectivity index (χ4v) is 2.42. The van der Waals surface area contributed by atoms with Crippen molar-refractivity contribution >= 4 is 26.7 Å². The summed E-state index contributed by atoms with van der Waals surface area (Å²) in [6.45, 7) is 8.00. The third-order valence-electron chi connectivity index (χ3n) is 3.00. The van der Waals surface area contributed by atoms with Crippen molar-refractivity contribution in [3.63, 3.8) is 0 Å². The van der Waals surface area contributed by atoms with Crippen molar-refractivity contribution in [1.82, 2.24) is 0 Å². The van der Waals surface area contributed by atoms with Crippen LogP contribution < -0.4 is 0 Å². The summed E-state index contributed by atoms with van der Waals surface area (Å²) < 4.78 is 1.03. The second-order valence-corrected chi connectivity index (χ2v) is 5.11. The molecule has 3 aromatic rings. The zero-order valence-corrected chi connectivity index (χ0v) is 15.8. The SMILES string of the molecule is Brc1ccccc1C#Cc1cccc2ccccc12.CC.CC. The number of hydrogen-bond donors (Lipinski definition) is 0. The standard InChI is InChI=1S/C18H11Br.2C2H6/c19-18-11-4-2-7-16(18)13-12-15-9-5-8-14-6-1-3-10-17(14)15;2*1-2/h1-11H;2*1-2H3. The van der Waals surface area contributed by atoms with E-state index in [2.05, 4.69) is 52.0 Å². The fourth-order valence-electron chi connectivity index (χ4n) is 2.03. The minimum absolute atomic E-state index is 1.01. The Kier molecular flexibility index (Phi) is 8.80. The van der Waals surface area contributed by atoms with Crippen molar-refractivity contribution in [3.05, 3.63) is 82.3 Å². The lowest BCUT2D eigenvalue weighted by molar-refractivity contribution is 1.50. The first-order valence-corrected chi connectivity index (χ1v) is 8.88.